The molecule has 0 saturated carbocycles. The van der Waals surface area contributed by atoms with Gasteiger partial charge in [0.2, 0.25) is 11.8 Å². The van der Waals surface area contributed by atoms with Crippen LogP contribution in [0.2, 0.25) is 0 Å². The monoisotopic (exact) mass is 261 g/mol. The van der Waals surface area contributed by atoms with Gasteiger partial charge in [-0.15, -0.1) is 0 Å². The Hall–Kier alpha value is -1.91. The molecule has 1 saturated heterocycles. The second kappa shape index (κ2) is 5.38. The Labute approximate surface area is 113 Å². The molecule has 1 aliphatic rings. The molecule has 1 N–H and O–H groups in total. The topological polar surface area (TPSA) is 62.3 Å². The van der Waals surface area contributed by atoms with E-state index in [1.165, 1.54) is 0 Å². The molecule has 0 radical (unpaired) electrons. The molecule has 1 aromatic rings. The molecule has 1 fully saturated rings. The van der Waals surface area contributed by atoms with Crippen molar-refractivity contribution in [2.24, 2.45) is 5.92 Å². The van der Waals surface area contributed by atoms with Crippen LogP contribution in [-0.4, -0.2) is 34.3 Å². The van der Waals surface area contributed by atoms with Gasteiger partial charge in [0.05, 0.1) is 12.2 Å². The first-order valence-corrected chi connectivity index (χ1v) is 6.47. The number of nitrogens with zero attached hydrogens (tertiary/aromatic N) is 2. The van der Waals surface area contributed by atoms with Crippen LogP contribution in [0, 0.1) is 12.8 Å². The van der Waals surface area contributed by atoms with E-state index < -0.39 is 6.04 Å². The minimum Gasteiger partial charge on any atom is -0.343 e. The van der Waals surface area contributed by atoms with Crippen LogP contribution in [-0.2, 0) is 16.1 Å². The van der Waals surface area contributed by atoms with Gasteiger partial charge in [0, 0.05) is 6.20 Å². The summed E-state index contributed by atoms with van der Waals surface area (Å²) in [6.07, 6.45) is 1.71. The number of amides is 2. The van der Waals surface area contributed by atoms with Crippen LogP contribution in [0.5, 0.6) is 0 Å². The highest BCUT2D eigenvalue weighted by Crippen LogP contribution is 2.14. The van der Waals surface area contributed by atoms with Crippen LogP contribution < -0.4 is 5.32 Å². The zero-order chi connectivity index (χ0) is 14.0. The number of hydrogen-bond donors (Lipinski definition) is 1. The maximum atomic E-state index is 12.3. The van der Waals surface area contributed by atoms with E-state index in [0.717, 1.165) is 11.3 Å². The van der Waals surface area contributed by atoms with Crippen LogP contribution in [0.3, 0.4) is 0 Å². The summed E-state index contributed by atoms with van der Waals surface area (Å²) in [6, 6.07) is 3.39. The van der Waals surface area contributed by atoms with Gasteiger partial charge in [-0.2, -0.15) is 0 Å². The molecule has 1 aromatic heterocycles. The number of hydrogen-bond acceptors (Lipinski definition) is 3. The highest BCUT2D eigenvalue weighted by Gasteiger charge is 2.34. The Morgan fingerprint density at radius 3 is 2.84 bits per heavy atom. The van der Waals surface area contributed by atoms with Crippen LogP contribution in [0.25, 0.3) is 0 Å². The lowest BCUT2D eigenvalue weighted by Gasteiger charge is -2.34. The first-order chi connectivity index (χ1) is 8.99. The number of nitrogens with one attached hydrogen (secondary N) is 1. The van der Waals surface area contributed by atoms with Crippen LogP contribution >= 0.6 is 0 Å². The first-order valence-electron chi connectivity index (χ1n) is 6.47. The molecule has 19 heavy (non-hydrogen) atoms. The summed E-state index contributed by atoms with van der Waals surface area (Å²) >= 11 is 0. The molecule has 1 unspecified atom stereocenters. The van der Waals surface area contributed by atoms with Crippen LogP contribution in [0.15, 0.2) is 18.3 Å². The van der Waals surface area contributed by atoms with Gasteiger partial charge in [0.1, 0.15) is 12.6 Å². The Morgan fingerprint density at radius 2 is 2.21 bits per heavy atom. The van der Waals surface area contributed by atoms with Crippen molar-refractivity contribution in [2.45, 2.75) is 33.4 Å². The number of rotatable bonds is 3. The summed E-state index contributed by atoms with van der Waals surface area (Å²) in [7, 11) is 0. The van der Waals surface area contributed by atoms with E-state index in [1.54, 1.807) is 11.1 Å². The summed E-state index contributed by atoms with van der Waals surface area (Å²) in [6.45, 7) is 6.31. The van der Waals surface area contributed by atoms with Gasteiger partial charge < -0.3 is 10.2 Å². The van der Waals surface area contributed by atoms with Crippen molar-refractivity contribution in [1.29, 1.82) is 0 Å². The lowest BCUT2D eigenvalue weighted by Crippen LogP contribution is -2.59. The van der Waals surface area contributed by atoms with Crippen LogP contribution in [0.4, 0.5) is 0 Å². The fourth-order valence-electron chi connectivity index (χ4n) is 2.18. The molecule has 0 bridgehead atoms. The molecule has 2 amide bonds. The van der Waals surface area contributed by atoms with Crippen molar-refractivity contribution in [1.82, 2.24) is 15.2 Å². The van der Waals surface area contributed by atoms with Crippen LogP contribution in [0.1, 0.15) is 25.1 Å². The lowest BCUT2D eigenvalue weighted by molar-refractivity contribution is -0.146. The smallest absolute Gasteiger partial charge is 0.246 e. The number of aryl methyl sites for hydroxylation is 1. The average Bonchev–Trinajstić information content (AvgIpc) is 2.35. The van der Waals surface area contributed by atoms with E-state index in [2.05, 4.69) is 10.3 Å². The maximum absolute atomic E-state index is 12.3. The molecule has 102 valence electrons. The molecule has 2 rings (SSSR count). The van der Waals surface area contributed by atoms with E-state index >= 15 is 0 Å². The molecule has 0 spiro atoms. The zero-order valence-corrected chi connectivity index (χ0v) is 11.5. The fraction of sp³-hybridized carbons (Fsp3) is 0.500. The quantitative estimate of drug-likeness (QED) is 0.878. The van der Waals surface area contributed by atoms with Crippen molar-refractivity contribution >= 4 is 11.8 Å². The van der Waals surface area contributed by atoms with Gasteiger partial charge in [-0.3, -0.25) is 14.6 Å². The van der Waals surface area contributed by atoms with E-state index in [0.29, 0.717) is 6.54 Å². The predicted molar refractivity (Wildman–Crippen MR) is 71.2 cm³/mol. The third-order valence-corrected chi connectivity index (χ3v) is 3.35. The lowest BCUT2D eigenvalue weighted by atomic mass is 10.0. The molecule has 2 heterocycles. The van der Waals surface area contributed by atoms with E-state index in [-0.39, 0.29) is 24.3 Å². The minimum absolute atomic E-state index is 0.0281. The molecule has 5 nitrogen and oxygen atoms in total. The van der Waals surface area contributed by atoms with Crippen molar-refractivity contribution in [3.63, 3.8) is 0 Å². The third kappa shape index (κ3) is 2.92. The van der Waals surface area contributed by atoms with E-state index in [1.807, 2.05) is 32.9 Å². The highest BCUT2D eigenvalue weighted by molar-refractivity contribution is 5.94. The Balaban J connectivity index is 2.17. The van der Waals surface area contributed by atoms with Gasteiger partial charge in [-0.05, 0) is 24.5 Å². The van der Waals surface area contributed by atoms with Gasteiger partial charge in [0.25, 0.3) is 0 Å². The Morgan fingerprint density at radius 1 is 1.47 bits per heavy atom. The largest absolute Gasteiger partial charge is 0.343 e. The van der Waals surface area contributed by atoms with Crippen molar-refractivity contribution in [2.75, 3.05) is 6.54 Å². The minimum atomic E-state index is -0.426. The normalized spacial score (nSPS) is 19.8. The van der Waals surface area contributed by atoms with Gasteiger partial charge in [-0.1, -0.05) is 19.9 Å². The molecule has 1 atom stereocenters. The summed E-state index contributed by atoms with van der Waals surface area (Å²) in [5, 5.41) is 2.75. The maximum Gasteiger partial charge on any atom is 0.246 e. The highest BCUT2D eigenvalue weighted by atomic mass is 16.2. The number of pyridine rings is 1. The Bertz CT molecular complexity index is 499. The molecule has 0 aliphatic carbocycles. The van der Waals surface area contributed by atoms with E-state index in [4.69, 9.17) is 0 Å². The predicted octanol–water partition coefficient (Wildman–Crippen LogP) is 0.873. The zero-order valence-electron chi connectivity index (χ0n) is 11.5. The average molecular weight is 261 g/mol. The number of piperazine rings is 1. The molecule has 1 aliphatic heterocycles. The Kier molecular flexibility index (Phi) is 3.83. The van der Waals surface area contributed by atoms with Crippen molar-refractivity contribution < 1.29 is 9.59 Å². The third-order valence-electron chi connectivity index (χ3n) is 3.35. The van der Waals surface area contributed by atoms with Gasteiger partial charge in [0.15, 0.2) is 0 Å². The van der Waals surface area contributed by atoms with Crippen molar-refractivity contribution in [3.8, 4) is 0 Å². The molecular weight excluding hydrogens is 242 g/mol. The van der Waals surface area contributed by atoms with Gasteiger partial charge in [-0.25, -0.2) is 0 Å². The number of carbonyl (C=O) groups is 2. The number of carbonyl (C=O) groups excluding carboxylic acids is 2. The fourth-order valence-corrected chi connectivity index (χ4v) is 2.18. The molecule has 0 aromatic carbocycles. The summed E-state index contributed by atoms with van der Waals surface area (Å²) in [5.74, 6) is -0.0457. The van der Waals surface area contributed by atoms with E-state index in [9.17, 15) is 9.59 Å². The summed E-state index contributed by atoms with van der Waals surface area (Å²) in [5.41, 5.74) is 1.87. The van der Waals surface area contributed by atoms with Crippen molar-refractivity contribution in [3.05, 3.63) is 29.6 Å². The first kappa shape index (κ1) is 13.5. The summed E-state index contributed by atoms with van der Waals surface area (Å²) < 4.78 is 0. The number of aromatic nitrogens is 1. The SMILES string of the molecule is Cc1cccnc1CN1CC(=O)NC(C(C)C)C1=O. The second-order valence-electron chi connectivity index (χ2n) is 5.25. The second-order valence-corrected chi connectivity index (χ2v) is 5.25. The van der Waals surface area contributed by atoms with Gasteiger partial charge >= 0.3 is 0 Å². The standard InChI is InChI=1S/C14H19N3O2/c1-9(2)13-14(19)17(8-12(18)16-13)7-11-10(3)5-4-6-15-11/h4-6,9,13H,7-8H2,1-3H3,(H,16,18). The molecule has 5 heteroatoms. The summed E-state index contributed by atoms with van der Waals surface area (Å²) in [4.78, 5) is 29.9. The molecular formula is C14H19N3O2.